The van der Waals surface area contributed by atoms with Crippen molar-refractivity contribution in [1.29, 1.82) is 0 Å². The van der Waals surface area contributed by atoms with Gasteiger partial charge in [0, 0.05) is 37.5 Å². The SMILES string of the molecule is Cc1ccc(S(C)(=O)=O)cc1C(=O)N1CCNCC1C.Cl. The Morgan fingerprint density at radius 3 is 2.62 bits per heavy atom. The van der Waals surface area contributed by atoms with Gasteiger partial charge in [0.2, 0.25) is 0 Å². The summed E-state index contributed by atoms with van der Waals surface area (Å²) in [4.78, 5) is 14.6. The minimum absolute atomic E-state index is 0. The predicted octanol–water partition coefficient (Wildman–Crippen LogP) is 1.25. The Balaban J connectivity index is 0.00000220. The van der Waals surface area contributed by atoms with E-state index in [4.69, 9.17) is 0 Å². The summed E-state index contributed by atoms with van der Waals surface area (Å²) in [7, 11) is -3.30. The molecule has 0 spiro atoms. The number of carbonyl (C=O) groups excluding carboxylic acids is 1. The van der Waals surface area contributed by atoms with E-state index in [9.17, 15) is 13.2 Å². The van der Waals surface area contributed by atoms with Gasteiger partial charge >= 0.3 is 0 Å². The van der Waals surface area contributed by atoms with Crippen molar-refractivity contribution in [3.8, 4) is 0 Å². The summed E-state index contributed by atoms with van der Waals surface area (Å²) in [5.74, 6) is -0.0954. The van der Waals surface area contributed by atoms with E-state index in [0.717, 1.165) is 24.9 Å². The standard InChI is InChI=1S/C14H20N2O3S.ClH/c1-10-4-5-12(20(3,18)19)8-13(10)14(17)16-7-6-15-9-11(16)2;/h4-5,8,11,15H,6-7,9H2,1-3H3;1H. The van der Waals surface area contributed by atoms with Gasteiger partial charge in [0.05, 0.1) is 4.90 Å². The van der Waals surface area contributed by atoms with Crippen LogP contribution in [0.1, 0.15) is 22.8 Å². The molecule has 0 aromatic heterocycles. The van der Waals surface area contributed by atoms with Gasteiger partial charge in [-0.3, -0.25) is 4.79 Å². The van der Waals surface area contributed by atoms with Crippen LogP contribution >= 0.6 is 12.4 Å². The third kappa shape index (κ3) is 3.96. The molecule has 0 bridgehead atoms. The molecule has 1 aliphatic heterocycles. The normalized spacial score (nSPS) is 19.0. The van der Waals surface area contributed by atoms with Crippen molar-refractivity contribution in [1.82, 2.24) is 10.2 Å². The maximum absolute atomic E-state index is 12.6. The van der Waals surface area contributed by atoms with Gasteiger partial charge in [0.25, 0.3) is 5.91 Å². The highest BCUT2D eigenvalue weighted by atomic mass is 35.5. The number of carbonyl (C=O) groups is 1. The van der Waals surface area contributed by atoms with Crippen molar-refractivity contribution in [3.05, 3.63) is 29.3 Å². The summed E-state index contributed by atoms with van der Waals surface area (Å²) in [6, 6.07) is 4.83. The molecule has 1 unspecified atom stereocenters. The van der Waals surface area contributed by atoms with E-state index >= 15 is 0 Å². The first-order valence-corrected chi connectivity index (χ1v) is 8.52. The predicted molar refractivity (Wildman–Crippen MR) is 84.9 cm³/mol. The minimum atomic E-state index is -3.30. The second-order valence-electron chi connectivity index (χ2n) is 5.30. The molecule has 1 N–H and O–H groups in total. The van der Waals surface area contributed by atoms with Crippen molar-refractivity contribution < 1.29 is 13.2 Å². The van der Waals surface area contributed by atoms with Gasteiger partial charge in [0.1, 0.15) is 0 Å². The molecule has 1 aliphatic rings. The van der Waals surface area contributed by atoms with Crippen molar-refractivity contribution in [2.75, 3.05) is 25.9 Å². The number of nitrogens with zero attached hydrogens (tertiary/aromatic N) is 1. The second-order valence-corrected chi connectivity index (χ2v) is 7.32. The van der Waals surface area contributed by atoms with Crippen molar-refractivity contribution in [3.63, 3.8) is 0 Å². The second kappa shape index (κ2) is 6.77. The van der Waals surface area contributed by atoms with E-state index < -0.39 is 9.84 Å². The molecule has 0 saturated carbocycles. The zero-order chi connectivity index (χ0) is 14.9. The molecule has 1 aromatic carbocycles. The number of aryl methyl sites for hydroxylation is 1. The Bertz CT molecular complexity index is 631. The van der Waals surface area contributed by atoms with Crippen LogP contribution in [0.2, 0.25) is 0 Å². The molecular formula is C14H21ClN2O3S. The summed E-state index contributed by atoms with van der Waals surface area (Å²) in [6.45, 7) is 5.98. The monoisotopic (exact) mass is 332 g/mol. The summed E-state index contributed by atoms with van der Waals surface area (Å²) < 4.78 is 23.2. The third-order valence-electron chi connectivity index (χ3n) is 3.63. The fourth-order valence-electron chi connectivity index (χ4n) is 2.36. The maximum atomic E-state index is 12.6. The number of benzene rings is 1. The molecule has 5 nitrogen and oxygen atoms in total. The Hall–Kier alpha value is -1.11. The number of sulfone groups is 1. The molecule has 1 atom stereocenters. The molecule has 118 valence electrons. The largest absolute Gasteiger partial charge is 0.333 e. The smallest absolute Gasteiger partial charge is 0.254 e. The van der Waals surface area contributed by atoms with Gasteiger partial charge in [-0.25, -0.2) is 8.42 Å². The van der Waals surface area contributed by atoms with Crippen LogP contribution in [0.4, 0.5) is 0 Å². The quantitative estimate of drug-likeness (QED) is 0.885. The third-order valence-corrected chi connectivity index (χ3v) is 4.74. The maximum Gasteiger partial charge on any atom is 0.254 e. The number of amides is 1. The van der Waals surface area contributed by atoms with Gasteiger partial charge in [-0.15, -0.1) is 12.4 Å². The van der Waals surface area contributed by atoms with Crippen LogP contribution < -0.4 is 5.32 Å². The van der Waals surface area contributed by atoms with Crippen molar-refractivity contribution >= 4 is 28.2 Å². The highest BCUT2D eigenvalue weighted by Gasteiger charge is 2.25. The highest BCUT2D eigenvalue weighted by Crippen LogP contribution is 2.19. The highest BCUT2D eigenvalue weighted by molar-refractivity contribution is 7.90. The molecule has 1 amide bonds. The van der Waals surface area contributed by atoms with Crippen LogP contribution in [0, 0.1) is 6.92 Å². The molecule has 7 heteroatoms. The molecule has 1 fully saturated rings. The molecule has 2 rings (SSSR count). The summed E-state index contributed by atoms with van der Waals surface area (Å²) >= 11 is 0. The van der Waals surface area contributed by atoms with Crippen LogP contribution in [-0.4, -0.2) is 51.2 Å². The van der Waals surface area contributed by atoms with Gasteiger partial charge in [-0.2, -0.15) is 0 Å². The molecular weight excluding hydrogens is 312 g/mol. The first-order valence-electron chi connectivity index (χ1n) is 6.63. The Morgan fingerprint density at radius 2 is 2.05 bits per heavy atom. The van der Waals surface area contributed by atoms with Crippen LogP contribution in [-0.2, 0) is 9.84 Å². The van der Waals surface area contributed by atoms with Gasteiger partial charge in [-0.05, 0) is 31.5 Å². The lowest BCUT2D eigenvalue weighted by molar-refractivity contribution is 0.0654. The lowest BCUT2D eigenvalue weighted by Gasteiger charge is -2.34. The van der Waals surface area contributed by atoms with E-state index in [1.807, 2.05) is 13.8 Å². The molecule has 0 radical (unpaired) electrons. The van der Waals surface area contributed by atoms with Crippen LogP contribution in [0.3, 0.4) is 0 Å². The van der Waals surface area contributed by atoms with Crippen LogP contribution in [0.15, 0.2) is 23.1 Å². The van der Waals surface area contributed by atoms with Crippen LogP contribution in [0.5, 0.6) is 0 Å². The first-order chi connectivity index (χ1) is 9.30. The van der Waals surface area contributed by atoms with E-state index in [0.29, 0.717) is 12.1 Å². The zero-order valence-electron chi connectivity index (χ0n) is 12.4. The van der Waals surface area contributed by atoms with E-state index in [1.165, 1.54) is 6.07 Å². The zero-order valence-corrected chi connectivity index (χ0v) is 14.1. The van der Waals surface area contributed by atoms with Gasteiger partial charge < -0.3 is 10.2 Å². The number of rotatable bonds is 2. The van der Waals surface area contributed by atoms with Crippen LogP contribution in [0.25, 0.3) is 0 Å². The lowest BCUT2D eigenvalue weighted by atomic mass is 10.1. The molecule has 1 aromatic rings. The summed E-state index contributed by atoms with van der Waals surface area (Å²) in [5, 5.41) is 3.23. The minimum Gasteiger partial charge on any atom is -0.333 e. The lowest BCUT2D eigenvalue weighted by Crippen LogP contribution is -2.52. The number of halogens is 1. The first kappa shape index (κ1) is 17.9. The van der Waals surface area contributed by atoms with E-state index in [1.54, 1.807) is 17.0 Å². The van der Waals surface area contributed by atoms with Gasteiger partial charge in [0.15, 0.2) is 9.84 Å². The fraction of sp³-hybridized carbons (Fsp3) is 0.500. The van der Waals surface area contributed by atoms with Gasteiger partial charge in [-0.1, -0.05) is 6.07 Å². The van der Waals surface area contributed by atoms with E-state index in [-0.39, 0.29) is 29.3 Å². The molecule has 1 heterocycles. The topological polar surface area (TPSA) is 66.5 Å². The van der Waals surface area contributed by atoms with Crippen molar-refractivity contribution in [2.45, 2.75) is 24.8 Å². The number of piperazine rings is 1. The summed E-state index contributed by atoms with van der Waals surface area (Å²) in [6.07, 6.45) is 1.15. The Morgan fingerprint density at radius 1 is 1.38 bits per heavy atom. The Labute approximate surface area is 132 Å². The summed E-state index contributed by atoms with van der Waals surface area (Å²) in [5.41, 5.74) is 1.27. The Kier molecular flexibility index (Phi) is 5.78. The number of hydrogen-bond donors (Lipinski definition) is 1. The number of nitrogens with one attached hydrogen (secondary N) is 1. The number of hydrogen-bond acceptors (Lipinski definition) is 4. The molecule has 21 heavy (non-hydrogen) atoms. The average Bonchev–Trinajstić information content (AvgIpc) is 2.37. The average molecular weight is 333 g/mol. The fourth-order valence-corrected chi connectivity index (χ4v) is 3.01. The van der Waals surface area contributed by atoms with E-state index in [2.05, 4.69) is 5.32 Å². The molecule has 1 saturated heterocycles. The van der Waals surface area contributed by atoms with Crippen molar-refractivity contribution in [2.24, 2.45) is 0 Å². The molecule has 0 aliphatic carbocycles.